The zero-order chi connectivity index (χ0) is 13.9. The monoisotopic (exact) mass is 276 g/mol. The predicted molar refractivity (Wildman–Crippen MR) is 63.9 cm³/mol. The SMILES string of the molecule is Cc1ccc(NS(=O)(=O)N(C)CC(=O)O)c(F)c1. The van der Waals surface area contributed by atoms with Gasteiger partial charge < -0.3 is 5.11 Å². The topological polar surface area (TPSA) is 86.7 Å². The van der Waals surface area contributed by atoms with E-state index >= 15 is 0 Å². The molecule has 18 heavy (non-hydrogen) atoms. The molecule has 8 heteroatoms. The molecule has 6 nitrogen and oxygen atoms in total. The summed E-state index contributed by atoms with van der Waals surface area (Å²) < 4.78 is 39.3. The van der Waals surface area contributed by atoms with Gasteiger partial charge in [0.05, 0.1) is 5.69 Å². The fourth-order valence-corrected chi connectivity index (χ4v) is 2.07. The second-order valence-corrected chi connectivity index (χ2v) is 5.52. The summed E-state index contributed by atoms with van der Waals surface area (Å²) in [6.45, 7) is 0.959. The van der Waals surface area contributed by atoms with Crippen molar-refractivity contribution in [3.63, 3.8) is 0 Å². The Bertz CT molecular complexity index is 559. The summed E-state index contributed by atoms with van der Waals surface area (Å²) in [7, 11) is -3.00. The van der Waals surface area contributed by atoms with E-state index in [1.807, 2.05) is 4.72 Å². The van der Waals surface area contributed by atoms with Crippen LogP contribution in [0.1, 0.15) is 5.56 Å². The van der Waals surface area contributed by atoms with Gasteiger partial charge in [-0.25, -0.2) is 4.39 Å². The van der Waals surface area contributed by atoms with Crippen LogP contribution < -0.4 is 4.72 Å². The lowest BCUT2D eigenvalue weighted by Gasteiger charge is -2.16. The molecule has 0 radical (unpaired) electrons. The van der Waals surface area contributed by atoms with Crippen molar-refractivity contribution in [1.29, 1.82) is 0 Å². The van der Waals surface area contributed by atoms with Crippen molar-refractivity contribution in [2.45, 2.75) is 6.92 Å². The molecule has 2 N–H and O–H groups in total. The Labute approximate surface area is 104 Å². The predicted octanol–water partition coefficient (Wildman–Crippen LogP) is 0.807. The van der Waals surface area contributed by atoms with E-state index in [9.17, 15) is 17.6 Å². The molecule has 0 atom stereocenters. The third-order valence-electron chi connectivity index (χ3n) is 2.13. The summed E-state index contributed by atoms with van der Waals surface area (Å²) in [5, 5.41) is 8.50. The van der Waals surface area contributed by atoms with Gasteiger partial charge in [-0.1, -0.05) is 6.07 Å². The highest BCUT2D eigenvalue weighted by molar-refractivity contribution is 7.90. The van der Waals surface area contributed by atoms with Crippen LogP contribution in [0.25, 0.3) is 0 Å². The Hall–Kier alpha value is -1.67. The molecule has 0 saturated heterocycles. The first-order chi connectivity index (χ1) is 8.22. The summed E-state index contributed by atoms with van der Waals surface area (Å²) in [6, 6.07) is 3.99. The molecule has 0 spiro atoms. The minimum Gasteiger partial charge on any atom is -0.480 e. The number of aryl methyl sites for hydroxylation is 1. The number of carbonyl (C=O) groups is 1. The Morgan fingerprint density at radius 2 is 2.11 bits per heavy atom. The molecule has 0 unspecified atom stereocenters. The molecule has 0 aliphatic rings. The Balaban J connectivity index is 2.92. The van der Waals surface area contributed by atoms with Gasteiger partial charge in [0, 0.05) is 7.05 Å². The molecule has 0 saturated carbocycles. The van der Waals surface area contributed by atoms with Gasteiger partial charge in [0.2, 0.25) is 0 Å². The lowest BCUT2D eigenvalue weighted by atomic mass is 10.2. The number of benzene rings is 1. The first-order valence-corrected chi connectivity index (χ1v) is 6.38. The van der Waals surface area contributed by atoms with Crippen molar-refractivity contribution in [3.8, 4) is 0 Å². The first-order valence-electron chi connectivity index (χ1n) is 4.94. The summed E-state index contributed by atoms with van der Waals surface area (Å²) in [6.07, 6.45) is 0. The van der Waals surface area contributed by atoms with Crippen molar-refractivity contribution in [1.82, 2.24) is 4.31 Å². The van der Waals surface area contributed by atoms with Crippen LogP contribution in [0, 0.1) is 12.7 Å². The molecule has 0 aromatic heterocycles. The Morgan fingerprint density at radius 1 is 1.50 bits per heavy atom. The van der Waals surface area contributed by atoms with E-state index in [1.54, 1.807) is 6.92 Å². The quantitative estimate of drug-likeness (QED) is 0.833. The molecule has 1 aromatic carbocycles. The maximum atomic E-state index is 13.4. The summed E-state index contributed by atoms with van der Waals surface area (Å²) in [5.74, 6) is -2.02. The van der Waals surface area contributed by atoms with E-state index in [4.69, 9.17) is 5.11 Å². The fraction of sp³-hybridized carbons (Fsp3) is 0.300. The molecule has 1 aromatic rings. The van der Waals surface area contributed by atoms with Gasteiger partial charge in [0.25, 0.3) is 0 Å². The molecule has 0 amide bonds. The number of carboxylic acids is 1. The lowest BCUT2D eigenvalue weighted by Crippen LogP contribution is -2.36. The Kier molecular flexibility index (Phi) is 4.25. The van der Waals surface area contributed by atoms with Crippen molar-refractivity contribution in [2.24, 2.45) is 0 Å². The van der Waals surface area contributed by atoms with Crippen LogP contribution in [-0.2, 0) is 15.0 Å². The minimum absolute atomic E-state index is 0.224. The normalized spacial score (nSPS) is 11.6. The second kappa shape index (κ2) is 5.32. The van der Waals surface area contributed by atoms with Gasteiger partial charge in [0.15, 0.2) is 0 Å². The number of aliphatic carboxylic acids is 1. The van der Waals surface area contributed by atoms with Gasteiger partial charge in [-0.3, -0.25) is 9.52 Å². The van der Waals surface area contributed by atoms with Crippen LogP contribution >= 0.6 is 0 Å². The number of nitrogens with zero attached hydrogens (tertiary/aromatic N) is 1. The Morgan fingerprint density at radius 3 is 2.61 bits per heavy atom. The lowest BCUT2D eigenvalue weighted by molar-refractivity contribution is -0.137. The zero-order valence-electron chi connectivity index (χ0n) is 9.84. The maximum Gasteiger partial charge on any atom is 0.318 e. The van der Waals surface area contributed by atoms with Crippen LogP contribution in [0.3, 0.4) is 0 Å². The van der Waals surface area contributed by atoms with Crippen LogP contribution in [0.2, 0.25) is 0 Å². The third-order valence-corrected chi connectivity index (χ3v) is 3.56. The van der Waals surface area contributed by atoms with Gasteiger partial charge >= 0.3 is 16.2 Å². The van der Waals surface area contributed by atoms with Crippen LogP contribution in [0.4, 0.5) is 10.1 Å². The number of anilines is 1. The number of likely N-dealkylation sites (N-methyl/N-ethyl adjacent to an activating group) is 1. The molecule has 0 fully saturated rings. The molecule has 1 rings (SSSR count). The summed E-state index contributed by atoms with van der Waals surface area (Å²) in [5.41, 5.74) is 0.423. The van der Waals surface area contributed by atoms with E-state index in [0.29, 0.717) is 9.87 Å². The smallest absolute Gasteiger partial charge is 0.318 e. The van der Waals surface area contributed by atoms with Crippen LogP contribution in [-0.4, -0.2) is 37.4 Å². The highest BCUT2D eigenvalue weighted by atomic mass is 32.2. The van der Waals surface area contributed by atoms with Crippen LogP contribution in [0.15, 0.2) is 18.2 Å². The van der Waals surface area contributed by atoms with E-state index in [0.717, 1.165) is 7.05 Å². The molecule has 0 bridgehead atoms. The molecule has 0 heterocycles. The first kappa shape index (κ1) is 14.4. The zero-order valence-corrected chi connectivity index (χ0v) is 10.7. The van der Waals surface area contributed by atoms with Crippen molar-refractivity contribution < 1.29 is 22.7 Å². The van der Waals surface area contributed by atoms with E-state index in [1.165, 1.54) is 18.2 Å². The standard InChI is InChI=1S/C10H13FN2O4S/c1-7-3-4-9(8(11)5-7)12-18(16,17)13(2)6-10(14)15/h3-5,12H,6H2,1-2H3,(H,14,15). The molecule has 100 valence electrons. The number of nitrogens with one attached hydrogen (secondary N) is 1. The number of hydrogen-bond acceptors (Lipinski definition) is 3. The average Bonchev–Trinajstić information content (AvgIpc) is 2.21. The van der Waals surface area contributed by atoms with E-state index in [2.05, 4.69) is 0 Å². The molecule has 0 aliphatic heterocycles. The van der Waals surface area contributed by atoms with Gasteiger partial charge in [0.1, 0.15) is 12.4 Å². The average molecular weight is 276 g/mol. The summed E-state index contributed by atoms with van der Waals surface area (Å²) >= 11 is 0. The van der Waals surface area contributed by atoms with Crippen molar-refractivity contribution in [2.75, 3.05) is 18.3 Å². The largest absolute Gasteiger partial charge is 0.480 e. The van der Waals surface area contributed by atoms with Crippen LogP contribution in [0.5, 0.6) is 0 Å². The van der Waals surface area contributed by atoms with Crippen molar-refractivity contribution in [3.05, 3.63) is 29.6 Å². The van der Waals surface area contributed by atoms with Gasteiger partial charge in [-0.05, 0) is 24.6 Å². The van der Waals surface area contributed by atoms with Gasteiger partial charge in [-0.15, -0.1) is 0 Å². The number of rotatable bonds is 5. The van der Waals surface area contributed by atoms with E-state index in [-0.39, 0.29) is 5.69 Å². The summed E-state index contributed by atoms with van der Waals surface area (Å²) in [4.78, 5) is 10.4. The van der Waals surface area contributed by atoms with Gasteiger partial charge in [-0.2, -0.15) is 12.7 Å². The third kappa shape index (κ3) is 3.67. The minimum atomic E-state index is -4.08. The molecular weight excluding hydrogens is 263 g/mol. The maximum absolute atomic E-state index is 13.4. The highest BCUT2D eigenvalue weighted by Gasteiger charge is 2.21. The van der Waals surface area contributed by atoms with E-state index < -0.39 is 28.5 Å². The number of hydrogen-bond donors (Lipinski definition) is 2. The van der Waals surface area contributed by atoms with Crippen molar-refractivity contribution >= 4 is 21.9 Å². The number of halogens is 1. The molecule has 0 aliphatic carbocycles. The number of carboxylic acid groups (broad SMARTS) is 1. The molecular formula is C10H13FN2O4S. The highest BCUT2D eigenvalue weighted by Crippen LogP contribution is 2.17. The second-order valence-electron chi connectivity index (χ2n) is 3.74. The fourth-order valence-electron chi connectivity index (χ4n) is 1.20.